The highest BCUT2D eigenvalue weighted by atomic mass is 32.2. The zero-order valence-corrected chi connectivity index (χ0v) is 8.73. The topological polar surface area (TPSA) is 0 Å². The number of aryl methyl sites for hydroxylation is 1. The molecule has 0 saturated carbocycles. The molecular weight excluding hydrogens is 176 g/mol. The highest BCUT2D eigenvalue weighted by Crippen LogP contribution is 2.05. The van der Waals surface area contributed by atoms with E-state index in [2.05, 4.69) is 42.2 Å². The molecule has 0 fully saturated rings. The van der Waals surface area contributed by atoms with Gasteiger partial charge in [-0.2, -0.15) is 0 Å². The predicted octanol–water partition coefficient (Wildman–Crippen LogP) is 2.99. The van der Waals surface area contributed by atoms with Gasteiger partial charge in [-0.25, -0.2) is 0 Å². The first kappa shape index (κ1) is 10.2. The highest BCUT2D eigenvalue weighted by Gasteiger charge is 1.90. The van der Waals surface area contributed by atoms with Crippen molar-refractivity contribution in [2.24, 2.45) is 0 Å². The van der Waals surface area contributed by atoms with Crippen LogP contribution in [-0.2, 0) is 6.42 Å². The van der Waals surface area contributed by atoms with E-state index in [4.69, 9.17) is 0 Å². The zero-order valence-electron chi connectivity index (χ0n) is 7.92. The van der Waals surface area contributed by atoms with Gasteiger partial charge >= 0.3 is 0 Å². The van der Waals surface area contributed by atoms with E-state index in [1.54, 1.807) is 0 Å². The van der Waals surface area contributed by atoms with Crippen LogP contribution >= 0.6 is 11.8 Å². The summed E-state index contributed by atoms with van der Waals surface area (Å²) in [6.07, 6.45) is 1.15. The van der Waals surface area contributed by atoms with Gasteiger partial charge in [-0.3, -0.25) is 0 Å². The molecule has 0 aliphatic heterocycles. The average molecular weight is 190 g/mol. The van der Waals surface area contributed by atoms with Gasteiger partial charge in [0.25, 0.3) is 0 Å². The maximum absolute atomic E-state index is 3.05. The second kappa shape index (κ2) is 6.62. The lowest BCUT2D eigenvalue weighted by Gasteiger charge is -1.98. The summed E-state index contributed by atoms with van der Waals surface area (Å²) in [5.74, 6) is 8.07. The first-order chi connectivity index (χ1) is 6.43. The van der Waals surface area contributed by atoms with E-state index in [0.29, 0.717) is 0 Å². The molecule has 13 heavy (non-hydrogen) atoms. The largest absolute Gasteiger partial charge is 0.149 e. The zero-order chi connectivity index (χ0) is 9.36. The van der Waals surface area contributed by atoms with Crippen LogP contribution < -0.4 is 0 Å². The lowest BCUT2D eigenvalue weighted by molar-refractivity contribution is 1.16. The predicted molar refractivity (Wildman–Crippen MR) is 60.9 cm³/mol. The molecule has 0 atom stereocenters. The minimum absolute atomic E-state index is 0.962. The van der Waals surface area contributed by atoms with Crippen molar-refractivity contribution in [3.05, 3.63) is 35.9 Å². The molecule has 0 spiro atoms. The maximum Gasteiger partial charge on any atom is 0.0547 e. The van der Waals surface area contributed by atoms with Crippen molar-refractivity contribution in [2.75, 3.05) is 11.5 Å². The fourth-order valence-electron chi connectivity index (χ4n) is 1.03. The fraction of sp³-hybridized carbons (Fsp3) is 0.333. The quantitative estimate of drug-likeness (QED) is 0.519. The van der Waals surface area contributed by atoms with Gasteiger partial charge in [-0.1, -0.05) is 36.3 Å². The van der Waals surface area contributed by atoms with Gasteiger partial charge in [-0.05, 0) is 24.7 Å². The SMILES string of the molecule is CC#CCSCCc1ccccc1. The third-order valence-electron chi connectivity index (χ3n) is 1.73. The minimum atomic E-state index is 0.962. The Morgan fingerprint density at radius 3 is 2.69 bits per heavy atom. The molecule has 1 aromatic carbocycles. The van der Waals surface area contributed by atoms with E-state index in [1.807, 2.05) is 18.7 Å². The van der Waals surface area contributed by atoms with Crippen LogP contribution in [0, 0.1) is 11.8 Å². The van der Waals surface area contributed by atoms with E-state index in [0.717, 1.165) is 12.2 Å². The average Bonchev–Trinajstić information content (AvgIpc) is 2.19. The highest BCUT2D eigenvalue weighted by molar-refractivity contribution is 7.99. The van der Waals surface area contributed by atoms with Gasteiger partial charge in [0.05, 0.1) is 5.75 Å². The van der Waals surface area contributed by atoms with Crippen molar-refractivity contribution in [3.8, 4) is 11.8 Å². The maximum atomic E-state index is 3.05. The van der Waals surface area contributed by atoms with Gasteiger partial charge in [0.1, 0.15) is 0 Å². The number of benzene rings is 1. The van der Waals surface area contributed by atoms with Crippen LogP contribution in [0.5, 0.6) is 0 Å². The van der Waals surface area contributed by atoms with E-state index in [9.17, 15) is 0 Å². The summed E-state index contributed by atoms with van der Waals surface area (Å²) in [5.41, 5.74) is 1.42. The van der Waals surface area contributed by atoms with Crippen molar-refractivity contribution >= 4 is 11.8 Å². The molecule has 0 unspecified atom stereocenters. The Morgan fingerprint density at radius 2 is 2.00 bits per heavy atom. The molecule has 0 nitrogen and oxygen atoms in total. The monoisotopic (exact) mass is 190 g/mol. The Bertz CT molecular complexity index is 279. The molecule has 0 amide bonds. The van der Waals surface area contributed by atoms with Crippen molar-refractivity contribution in [1.29, 1.82) is 0 Å². The number of hydrogen-bond donors (Lipinski definition) is 0. The summed E-state index contributed by atoms with van der Waals surface area (Å²) in [5, 5.41) is 0. The third kappa shape index (κ3) is 4.65. The number of thioether (sulfide) groups is 1. The second-order valence-corrected chi connectivity index (χ2v) is 3.82. The molecule has 0 heterocycles. The van der Waals surface area contributed by atoms with Gasteiger partial charge in [0, 0.05) is 0 Å². The third-order valence-corrected chi connectivity index (χ3v) is 2.57. The summed E-state index contributed by atoms with van der Waals surface area (Å²) in [6.45, 7) is 1.89. The minimum Gasteiger partial charge on any atom is -0.149 e. The molecule has 0 aromatic heterocycles. The van der Waals surface area contributed by atoms with Crippen molar-refractivity contribution in [1.82, 2.24) is 0 Å². The normalized spacial score (nSPS) is 9.00. The van der Waals surface area contributed by atoms with Crippen LogP contribution in [0.3, 0.4) is 0 Å². The molecular formula is C12H14S. The molecule has 68 valence electrons. The Balaban J connectivity index is 2.16. The molecule has 0 radical (unpaired) electrons. The first-order valence-electron chi connectivity index (χ1n) is 4.45. The van der Waals surface area contributed by atoms with Crippen LogP contribution in [0.2, 0.25) is 0 Å². The summed E-state index contributed by atoms with van der Waals surface area (Å²) >= 11 is 1.90. The Labute approximate surface area is 84.7 Å². The first-order valence-corrected chi connectivity index (χ1v) is 5.60. The van der Waals surface area contributed by atoms with Crippen LogP contribution in [-0.4, -0.2) is 11.5 Å². The van der Waals surface area contributed by atoms with Crippen LogP contribution in [0.25, 0.3) is 0 Å². The van der Waals surface area contributed by atoms with Crippen molar-refractivity contribution < 1.29 is 0 Å². The molecule has 0 N–H and O–H groups in total. The van der Waals surface area contributed by atoms with E-state index >= 15 is 0 Å². The summed E-state index contributed by atoms with van der Waals surface area (Å²) in [4.78, 5) is 0. The van der Waals surface area contributed by atoms with Gasteiger partial charge in [0.2, 0.25) is 0 Å². The van der Waals surface area contributed by atoms with Crippen molar-refractivity contribution in [2.45, 2.75) is 13.3 Å². The fourth-order valence-corrected chi connectivity index (χ4v) is 1.80. The van der Waals surface area contributed by atoms with Crippen molar-refractivity contribution in [3.63, 3.8) is 0 Å². The Hall–Kier alpha value is -0.870. The van der Waals surface area contributed by atoms with Crippen LogP contribution in [0.1, 0.15) is 12.5 Å². The van der Waals surface area contributed by atoms with E-state index in [1.165, 1.54) is 11.3 Å². The molecule has 0 aliphatic rings. The summed E-state index contributed by atoms with van der Waals surface area (Å²) in [7, 11) is 0. The number of hydrogen-bond acceptors (Lipinski definition) is 1. The van der Waals surface area contributed by atoms with Gasteiger partial charge in [-0.15, -0.1) is 17.7 Å². The van der Waals surface area contributed by atoms with E-state index < -0.39 is 0 Å². The summed E-state index contributed by atoms with van der Waals surface area (Å²) in [6, 6.07) is 10.6. The van der Waals surface area contributed by atoms with Crippen LogP contribution in [0.15, 0.2) is 30.3 Å². The second-order valence-electron chi connectivity index (χ2n) is 2.71. The Morgan fingerprint density at radius 1 is 1.23 bits per heavy atom. The van der Waals surface area contributed by atoms with Crippen LogP contribution in [0.4, 0.5) is 0 Å². The lowest BCUT2D eigenvalue weighted by atomic mass is 10.2. The van der Waals surface area contributed by atoms with Gasteiger partial charge < -0.3 is 0 Å². The summed E-state index contributed by atoms with van der Waals surface area (Å²) < 4.78 is 0. The standard InChI is InChI=1S/C12H14S/c1-2-3-10-13-11-9-12-7-5-4-6-8-12/h4-8H,9-11H2,1H3. The number of rotatable bonds is 4. The molecule has 0 saturated heterocycles. The molecule has 0 bridgehead atoms. The smallest absolute Gasteiger partial charge is 0.0547 e. The van der Waals surface area contributed by atoms with E-state index in [-0.39, 0.29) is 0 Å². The molecule has 1 aromatic rings. The molecule has 1 heteroatoms. The van der Waals surface area contributed by atoms with Gasteiger partial charge in [0.15, 0.2) is 0 Å². The molecule has 1 rings (SSSR count). The molecule has 0 aliphatic carbocycles. The lowest BCUT2D eigenvalue weighted by Crippen LogP contribution is -1.88. The Kier molecular flexibility index (Phi) is 5.20.